The number of amides is 3. The number of carbonyl (C=O) groups excluding carboxylic acids is 3. The van der Waals surface area contributed by atoms with E-state index < -0.39 is 23.7 Å². The number of thiophene rings is 1. The first-order valence-corrected chi connectivity index (χ1v) is 6.82. The molecule has 110 valence electrons. The van der Waals surface area contributed by atoms with Crippen molar-refractivity contribution in [3.8, 4) is 0 Å². The average molecular weight is 308 g/mol. The van der Waals surface area contributed by atoms with Crippen molar-refractivity contribution in [1.29, 1.82) is 0 Å². The summed E-state index contributed by atoms with van der Waals surface area (Å²) in [6.07, 6.45) is 2.40. The number of aliphatic carboxylic acids is 1. The molecule has 0 saturated carbocycles. The number of imide groups is 1. The molecular weight excluding hydrogens is 296 g/mol. The summed E-state index contributed by atoms with van der Waals surface area (Å²) in [6, 6.07) is 1.62. The second kappa shape index (κ2) is 5.88. The minimum Gasteiger partial charge on any atom is -0.478 e. The number of piperazine rings is 1. The third-order valence-corrected chi connectivity index (χ3v) is 3.97. The third-order valence-electron chi connectivity index (χ3n) is 2.78. The van der Waals surface area contributed by atoms with Crippen molar-refractivity contribution in [3.05, 3.63) is 27.5 Å². The minimum absolute atomic E-state index is 0.165. The number of carbonyl (C=O) groups is 4. The van der Waals surface area contributed by atoms with Crippen molar-refractivity contribution in [1.82, 2.24) is 10.2 Å². The highest BCUT2D eigenvalue weighted by atomic mass is 32.1. The second-order valence-electron chi connectivity index (χ2n) is 4.46. The number of aryl methyl sites for hydroxylation is 1. The van der Waals surface area contributed by atoms with Gasteiger partial charge in [0.25, 0.3) is 5.91 Å². The van der Waals surface area contributed by atoms with Crippen molar-refractivity contribution in [2.45, 2.75) is 6.92 Å². The predicted molar refractivity (Wildman–Crippen MR) is 74.8 cm³/mol. The van der Waals surface area contributed by atoms with Gasteiger partial charge in [0.15, 0.2) is 0 Å². The van der Waals surface area contributed by atoms with E-state index in [1.54, 1.807) is 13.0 Å². The SMILES string of the molecule is Cc1cc(C(=O)N2CC(=O)NC(=O)C2)sc1/C=C/C(=O)O. The van der Waals surface area contributed by atoms with E-state index in [2.05, 4.69) is 5.32 Å². The van der Waals surface area contributed by atoms with Crippen molar-refractivity contribution in [2.24, 2.45) is 0 Å². The Morgan fingerprint density at radius 1 is 1.33 bits per heavy atom. The maximum atomic E-state index is 12.3. The van der Waals surface area contributed by atoms with Gasteiger partial charge in [0.2, 0.25) is 11.8 Å². The van der Waals surface area contributed by atoms with Gasteiger partial charge in [-0.25, -0.2) is 4.79 Å². The molecule has 8 heteroatoms. The summed E-state index contributed by atoms with van der Waals surface area (Å²) in [5.41, 5.74) is 0.758. The molecule has 1 fully saturated rings. The fourth-order valence-electron chi connectivity index (χ4n) is 1.85. The van der Waals surface area contributed by atoms with Crippen molar-refractivity contribution < 1.29 is 24.3 Å². The van der Waals surface area contributed by atoms with Crippen LogP contribution >= 0.6 is 11.3 Å². The van der Waals surface area contributed by atoms with Crippen molar-refractivity contribution in [3.63, 3.8) is 0 Å². The standard InChI is InChI=1S/C13H12N2O5S/c1-7-4-9(21-8(7)2-3-12(18)19)13(20)15-5-10(16)14-11(17)6-15/h2-4H,5-6H2,1H3,(H,18,19)(H,14,16,17)/b3-2+. The minimum atomic E-state index is -1.08. The van der Waals surface area contributed by atoms with Gasteiger partial charge in [0.1, 0.15) is 13.1 Å². The molecule has 0 aromatic carbocycles. The lowest BCUT2D eigenvalue weighted by Gasteiger charge is -2.24. The lowest BCUT2D eigenvalue weighted by molar-refractivity contribution is -0.135. The number of nitrogens with one attached hydrogen (secondary N) is 1. The largest absolute Gasteiger partial charge is 0.478 e. The van der Waals surface area contributed by atoms with Gasteiger partial charge in [-0.1, -0.05) is 0 Å². The lowest BCUT2D eigenvalue weighted by atomic mass is 10.2. The van der Waals surface area contributed by atoms with Crippen LogP contribution < -0.4 is 5.32 Å². The van der Waals surface area contributed by atoms with Crippen LogP contribution in [0.2, 0.25) is 0 Å². The fraction of sp³-hybridized carbons (Fsp3) is 0.231. The molecule has 2 heterocycles. The number of hydrogen-bond donors (Lipinski definition) is 2. The van der Waals surface area contributed by atoms with Crippen molar-refractivity contribution in [2.75, 3.05) is 13.1 Å². The Kier molecular flexibility index (Phi) is 4.18. The molecule has 1 aromatic heterocycles. The Bertz CT molecular complexity index is 646. The molecule has 1 aliphatic heterocycles. The number of carboxylic acids is 1. The molecule has 21 heavy (non-hydrogen) atoms. The van der Waals surface area contributed by atoms with Gasteiger partial charge in [-0.3, -0.25) is 19.7 Å². The molecular formula is C13H12N2O5S. The van der Waals surface area contributed by atoms with Gasteiger partial charge in [0.05, 0.1) is 4.88 Å². The first-order valence-electron chi connectivity index (χ1n) is 6.00. The Morgan fingerprint density at radius 3 is 2.52 bits per heavy atom. The van der Waals surface area contributed by atoms with E-state index in [4.69, 9.17) is 5.11 Å². The summed E-state index contributed by atoms with van der Waals surface area (Å²) in [7, 11) is 0. The van der Waals surface area contributed by atoms with Gasteiger partial charge in [-0.05, 0) is 24.6 Å². The summed E-state index contributed by atoms with van der Waals surface area (Å²) in [5, 5.41) is 10.7. The molecule has 0 atom stereocenters. The molecule has 7 nitrogen and oxygen atoms in total. The zero-order valence-electron chi connectivity index (χ0n) is 11.1. The zero-order chi connectivity index (χ0) is 15.6. The fourth-order valence-corrected chi connectivity index (χ4v) is 2.90. The number of carboxylic acid groups (broad SMARTS) is 1. The van der Waals surface area contributed by atoms with Gasteiger partial charge < -0.3 is 10.0 Å². The topological polar surface area (TPSA) is 104 Å². The first kappa shape index (κ1) is 14.9. The predicted octanol–water partition coefficient (Wildman–Crippen LogP) is 0.253. The highest BCUT2D eigenvalue weighted by Crippen LogP contribution is 2.24. The Balaban J connectivity index is 2.20. The van der Waals surface area contributed by atoms with Crippen LogP contribution in [0.25, 0.3) is 6.08 Å². The van der Waals surface area contributed by atoms with E-state index in [1.165, 1.54) is 6.08 Å². The van der Waals surface area contributed by atoms with Crippen LogP contribution in [0.4, 0.5) is 0 Å². The van der Waals surface area contributed by atoms with Crippen LogP contribution in [0.1, 0.15) is 20.1 Å². The summed E-state index contributed by atoms with van der Waals surface area (Å²) >= 11 is 1.12. The second-order valence-corrected chi connectivity index (χ2v) is 5.55. The molecule has 3 amide bonds. The molecule has 0 bridgehead atoms. The van der Waals surface area contributed by atoms with Gasteiger partial charge in [-0.15, -0.1) is 11.3 Å². The van der Waals surface area contributed by atoms with Gasteiger partial charge >= 0.3 is 5.97 Å². The highest BCUT2D eigenvalue weighted by molar-refractivity contribution is 7.15. The number of rotatable bonds is 3. The molecule has 1 saturated heterocycles. The van der Waals surface area contributed by atoms with E-state index in [1.807, 2.05) is 0 Å². The summed E-state index contributed by atoms with van der Waals surface area (Å²) in [6.45, 7) is 1.42. The Morgan fingerprint density at radius 2 is 1.95 bits per heavy atom. The number of hydrogen-bond acceptors (Lipinski definition) is 5. The van der Waals surface area contributed by atoms with Crippen LogP contribution in [0.5, 0.6) is 0 Å². The summed E-state index contributed by atoms with van der Waals surface area (Å²) in [4.78, 5) is 47.5. The Labute approximate surface area is 123 Å². The lowest BCUT2D eigenvalue weighted by Crippen LogP contribution is -2.53. The normalized spacial score (nSPS) is 15.4. The summed E-state index contributed by atoms with van der Waals surface area (Å²) < 4.78 is 0. The van der Waals surface area contributed by atoms with E-state index in [0.29, 0.717) is 9.75 Å². The third kappa shape index (κ3) is 3.54. The van der Waals surface area contributed by atoms with Crippen LogP contribution in [-0.4, -0.2) is 46.8 Å². The van der Waals surface area contributed by atoms with Crippen molar-refractivity contribution >= 4 is 41.1 Å². The molecule has 1 aromatic rings. The highest BCUT2D eigenvalue weighted by Gasteiger charge is 2.28. The van der Waals surface area contributed by atoms with E-state index in [0.717, 1.165) is 27.9 Å². The Hall–Kier alpha value is -2.48. The quantitative estimate of drug-likeness (QED) is 0.615. The molecule has 1 aliphatic rings. The molecule has 0 spiro atoms. The average Bonchev–Trinajstić information content (AvgIpc) is 2.75. The molecule has 0 aliphatic carbocycles. The van der Waals surface area contributed by atoms with Crippen LogP contribution in [0.15, 0.2) is 12.1 Å². The molecule has 0 radical (unpaired) electrons. The molecule has 2 N–H and O–H groups in total. The van der Waals surface area contributed by atoms with Crippen LogP contribution in [0.3, 0.4) is 0 Å². The van der Waals surface area contributed by atoms with E-state index in [-0.39, 0.29) is 13.1 Å². The van der Waals surface area contributed by atoms with Gasteiger partial charge in [0, 0.05) is 11.0 Å². The monoisotopic (exact) mass is 308 g/mol. The van der Waals surface area contributed by atoms with E-state index >= 15 is 0 Å². The maximum Gasteiger partial charge on any atom is 0.328 e. The number of nitrogens with zero attached hydrogens (tertiary/aromatic N) is 1. The van der Waals surface area contributed by atoms with Gasteiger partial charge in [-0.2, -0.15) is 0 Å². The van der Waals surface area contributed by atoms with Crippen LogP contribution in [0, 0.1) is 6.92 Å². The first-order chi connectivity index (χ1) is 9.86. The maximum absolute atomic E-state index is 12.3. The molecule has 0 unspecified atom stereocenters. The molecule has 2 rings (SSSR count). The zero-order valence-corrected chi connectivity index (χ0v) is 11.9. The van der Waals surface area contributed by atoms with Crippen LogP contribution in [-0.2, 0) is 14.4 Å². The smallest absolute Gasteiger partial charge is 0.328 e. The summed E-state index contributed by atoms with van der Waals surface area (Å²) in [5.74, 6) is -2.52. The van der Waals surface area contributed by atoms with E-state index in [9.17, 15) is 19.2 Å².